The van der Waals surface area contributed by atoms with Crippen molar-refractivity contribution in [1.82, 2.24) is 15.1 Å². The summed E-state index contributed by atoms with van der Waals surface area (Å²) < 4.78 is 5.49. The van der Waals surface area contributed by atoms with Crippen molar-refractivity contribution < 1.29 is 14.3 Å². The number of nitrogens with zero attached hydrogens (tertiary/aromatic N) is 2. The van der Waals surface area contributed by atoms with Crippen LogP contribution in [0, 0.1) is 12.8 Å². The van der Waals surface area contributed by atoms with E-state index in [0.717, 1.165) is 43.8 Å². The molecule has 6 nitrogen and oxygen atoms in total. The number of piperidine rings is 1. The highest BCUT2D eigenvalue weighted by Gasteiger charge is 2.51. The maximum Gasteiger partial charge on any atom is 0.324 e. The van der Waals surface area contributed by atoms with Crippen LogP contribution in [0.5, 0.6) is 5.75 Å². The lowest BCUT2D eigenvalue weighted by atomic mass is 9.80. The molecular formula is C19H27N3O3. The molecule has 2 heterocycles. The zero-order chi connectivity index (χ0) is 18.2. The van der Waals surface area contributed by atoms with E-state index in [0.29, 0.717) is 0 Å². The lowest BCUT2D eigenvalue weighted by Crippen LogP contribution is -2.55. The molecule has 6 heteroatoms. The van der Waals surface area contributed by atoms with Gasteiger partial charge in [0.05, 0.1) is 7.11 Å². The molecule has 2 atom stereocenters. The smallest absolute Gasteiger partial charge is 0.324 e. The van der Waals surface area contributed by atoms with Gasteiger partial charge in [0.15, 0.2) is 0 Å². The van der Waals surface area contributed by atoms with Gasteiger partial charge in [-0.25, -0.2) is 4.79 Å². The van der Waals surface area contributed by atoms with E-state index in [9.17, 15) is 9.59 Å². The fourth-order valence-electron chi connectivity index (χ4n) is 4.02. The zero-order valence-electron chi connectivity index (χ0n) is 15.5. The first-order chi connectivity index (χ1) is 11.8. The van der Waals surface area contributed by atoms with Gasteiger partial charge in [0, 0.05) is 31.6 Å². The minimum atomic E-state index is -0.804. The molecule has 0 aromatic heterocycles. The Labute approximate surface area is 149 Å². The Morgan fingerprint density at radius 1 is 1.36 bits per heavy atom. The number of nitrogens with one attached hydrogen (secondary N) is 1. The van der Waals surface area contributed by atoms with Gasteiger partial charge >= 0.3 is 6.03 Å². The summed E-state index contributed by atoms with van der Waals surface area (Å²) in [5, 5.41) is 2.90. The van der Waals surface area contributed by atoms with E-state index in [1.54, 1.807) is 14.2 Å². The van der Waals surface area contributed by atoms with Gasteiger partial charge < -0.3 is 10.1 Å². The molecule has 2 fully saturated rings. The Balaban J connectivity index is 1.75. The largest absolute Gasteiger partial charge is 0.496 e. The highest BCUT2D eigenvalue weighted by molar-refractivity contribution is 6.06. The SMILES string of the molecule is COc1ccc(C)cc1CN1CCC[C@@H]([C@@]2(C)NC(=O)N(C)C2=O)C1. The van der Waals surface area contributed by atoms with E-state index in [2.05, 4.69) is 23.2 Å². The molecule has 0 spiro atoms. The van der Waals surface area contributed by atoms with Crippen molar-refractivity contribution in [3.05, 3.63) is 29.3 Å². The van der Waals surface area contributed by atoms with E-state index in [1.165, 1.54) is 10.5 Å². The van der Waals surface area contributed by atoms with Crippen molar-refractivity contribution in [1.29, 1.82) is 0 Å². The number of carbonyl (C=O) groups is 2. The fourth-order valence-corrected chi connectivity index (χ4v) is 4.02. The number of ether oxygens (including phenoxy) is 1. The van der Waals surface area contributed by atoms with Crippen LogP contribution in [-0.2, 0) is 11.3 Å². The molecule has 0 aliphatic carbocycles. The molecule has 0 radical (unpaired) electrons. The molecule has 0 bridgehead atoms. The second-order valence-corrected chi connectivity index (χ2v) is 7.39. The average molecular weight is 345 g/mol. The summed E-state index contributed by atoms with van der Waals surface area (Å²) in [6.07, 6.45) is 1.96. The number of hydrogen-bond acceptors (Lipinski definition) is 4. The van der Waals surface area contributed by atoms with Crippen LogP contribution < -0.4 is 10.1 Å². The van der Waals surface area contributed by atoms with E-state index in [1.807, 2.05) is 19.1 Å². The number of amides is 3. The normalized spacial score (nSPS) is 27.5. The minimum Gasteiger partial charge on any atom is -0.496 e. The molecule has 2 aliphatic rings. The van der Waals surface area contributed by atoms with Crippen molar-refractivity contribution in [2.75, 3.05) is 27.2 Å². The summed E-state index contributed by atoms with van der Waals surface area (Å²) in [6, 6.07) is 5.90. The molecule has 1 aromatic rings. The quantitative estimate of drug-likeness (QED) is 0.850. The third kappa shape index (κ3) is 3.23. The van der Waals surface area contributed by atoms with Gasteiger partial charge in [-0.2, -0.15) is 0 Å². The number of urea groups is 1. The Hall–Kier alpha value is -2.08. The number of benzene rings is 1. The summed E-state index contributed by atoms with van der Waals surface area (Å²) in [5.74, 6) is 0.875. The predicted octanol–water partition coefficient (Wildman–Crippen LogP) is 2.16. The van der Waals surface area contributed by atoms with Crippen molar-refractivity contribution >= 4 is 11.9 Å². The molecule has 2 saturated heterocycles. The van der Waals surface area contributed by atoms with Gasteiger partial charge in [-0.1, -0.05) is 17.7 Å². The summed E-state index contributed by atoms with van der Waals surface area (Å²) >= 11 is 0. The molecular weight excluding hydrogens is 318 g/mol. The number of carbonyl (C=O) groups excluding carboxylic acids is 2. The Bertz CT molecular complexity index is 690. The molecule has 1 aromatic carbocycles. The molecule has 0 unspecified atom stereocenters. The highest BCUT2D eigenvalue weighted by atomic mass is 16.5. The number of methoxy groups -OCH3 is 1. The number of imide groups is 1. The number of likely N-dealkylation sites (tertiary alicyclic amines) is 1. The first-order valence-electron chi connectivity index (χ1n) is 8.81. The number of rotatable bonds is 4. The summed E-state index contributed by atoms with van der Waals surface area (Å²) in [5.41, 5.74) is 1.56. The third-order valence-corrected chi connectivity index (χ3v) is 5.57. The molecule has 25 heavy (non-hydrogen) atoms. The maximum atomic E-state index is 12.6. The maximum absolute atomic E-state index is 12.6. The van der Waals surface area contributed by atoms with Gasteiger partial charge in [-0.3, -0.25) is 14.6 Å². The van der Waals surface area contributed by atoms with Crippen molar-refractivity contribution in [3.63, 3.8) is 0 Å². The van der Waals surface area contributed by atoms with Crippen molar-refractivity contribution in [2.24, 2.45) is 5.92 Å². The van der Waals surface area contributed by atoms with Gasteiger partial charge in [0.25, 0.3) is 5.91 Å². The van der Waals surface area contributed by atoms with Crippen LogP contribution in [-0.4, -0.2) is 54.5 Å². The fraction of sp³-hybridized carbons (Fsp3) is 0.579. The second-order valence-electron chi connectivity index (χ2n) is 7.39. The van der Waals surface area contributed by atoms with Crippen LogP contribution in [0.2, 0.25) is 0 Å². The summed E-state index contributed by atoms with van der Waals surface area (Å²) in [6.45, 7) is 6.49. The van der Waals surface area contributed by atoms with Crippen molar-refractivity contribution in [3.8, 4) is 5.75 Å². The van der Waals surface area contributed by atoms with Crippen LogP contribution in [0.1, 0.15) is 30.9 Å². The molecule has 2 aliphatic heterocycles. The molecule has 0 saturated carbocycles. The minimum absolute atomic E-state index is 0.110. The number of likely N-dealkylation sites (N-methyl/N-ethyl adjacent to an activating group) is 1. The van der Waals surface area contributed by atoms with Crippen LogP contribution in [0.4, 0.5) is 4.79 Å². The first kappa shape index (κ1) is 17.7. The summed E-state index contributed by atoms with van der Waals surface area (Å²) in [7, 11) is 3.23. The van der Waals surface area contributed by atoms with Crippen LogP contribution in [0.15, 0.2) is 18.2 Å². The standard InChI is InChI=1S/C19H27N3O3/c1-13-7-8-16(25-4)14(10-13)11-22-9-5-6-15(12-22)19(2)17(23)21(3)18(24)20-19/h7-8,10,15H,5-6,9,11-12H2,1-4H3,(H,20,24)/t15-,19-/m1/s1. The van der Waals surface area contributed by atoms with Gasteiger partial charge in [-0.15, -0.1) is 0 Å². The lowest BCUT2D eigenvalue weighted by molar-refractivity contribution is -0.132. The first-order valence-corrected chi connectivity index (χ1v) is 8.81. The van der Waals surface area contributed by atoms with E-state index >= 15 is 0 Å². The number of aryl methyl sites for hydroxylation is 1. The summed E-state index contributed by atoms with van der Waals surface area (Å²) in [4.78, 5) is 28.0. The molecule has 3 amide bonds. The number of hydrogen-bond donors (Lipinski definition) is 1. The van der Waals surface area contributed by atoms with Gasteiger partial charge in [0.2, 0.25) is 0 Å². The average Bonchev–Trinajstić information content (AvgIpc) is 2.79. The van der Waals surface area contributed by atoms with Crippen molar-refractivity contribution in [2.45, 2.75) is 38.8 Å². The van der Waals surface area contributed by atoms with Crippen LogP contribution >= 0.6 is 0 Å². The van der Waals surface area contributed by atoms with E-state index in [-0.39, 0.29) is 17.9 Å². The Kier molecular flexibility index (Phi) is 4.73. The van der Waals surface area contributed by atoms with Gasteiger partial charge in [-0.05, 0) is 39.3 Å². The topological polar surface area (TPSA) is 61.9 Å². The molecule has 1 N–H and O–H groups in total. The molecule has 136 valence electrons. The second kappa shape index (κ2) is 6.67. The third-order valence-electron chi connectivity index (χ3n) is 5.57. The van der Waals surface area contributed by atoms with E-state index in [4.69, 9.17) is 4.74 Å². The van der Waals surface area contributed by atoms with Crippen LogP contribution in [0.25, 0.3) is 0 Å². The molecule has 3 rings (SSSR count). The Morgan fingerprint density at radius 3 is 2.76 bits per heavy atom. The predicted molar refractivity (Wildman–Crippen MR) is 95.4 cm³/mol. The van der Waals surface area contributed by atoms with Crippen LogP contribution in [0.3, 0.4) is 0 Å². The van der Waals surface area contributed by atoms with Gasteiger partial charge in [0.1, 0.15) is 11.3 Å². The monoisotopic (exact) mass is 345 g/mol. The zero-order valence-corrected chi connectivity index (χ0v) is 15.5. The highest BCUT2D eigenvalue weighted by Crippen LogP contribution is 2.33. The van der Waals surface area contributed by atoms with E-state index < -0.39 is 5.54 Å². The Morgan fingerprint density at radius 2 is 2.12 bits per heavy atom. The lowest BCUT2D eigenvalue weighted by Gasteiger charge is -2.39.